The minimum Gasteiger partial charge on any atom is -0.396 e. The third-order valence-electron chi connectivity index (χ3n) is 17.1. The molecule has 0 saturated heterocycles. The van der Waals surface area contributed by atoms with E-state index in [0.29, 0.717) is 6.61 Å². The lowest BCUT2D eigenvalue weighted by atomic mass is 9.79. The number of rotatable bonds is 39. The molecule has 2 aliphatic rings. The van der Waals surface area contributed by atoms with Gasteiger partial charge in [0, 0.05) is 47.5 Å². The van der Waals surface area contributed by atoms with Crippen LogP contribution in [0.4, 0.5) is 11.4 Å². The molecular formula is C71H105N2O2+. The number of benzene rings is 4. The van der Waals surface area contributed by atoms with E-state index in [1.807, 2.05) is 0 Å². The highest BCUT2D eigenvalue weighted by atomic mass is 16.3. The van der Waals surface area contributed by atoms with Crippen LogP contribution in [0.1, 0.15) is 251 Å². The largest absolute Gasteiger partial charge is 0.396 e. The van der Waals surface area contributed by atoms with Gasteiger partial charge in [0.2, 0.25) is 5.69 Å². The average molecular weight is 1020 g/mol. The Morgan fingerprint density at radius 2 is 0.907 bits per heavy atom. The number of fused-ring (bicyclic) bond motifs is 6. The van der Waals surface area contributed by atoms with E-state index in [0.717, 1.165) is 37.2 Å². The topological polar surface area (TPSA) is 46.7 Å². The molecule has 1 atom stereocenters. The van der Waals surface area contributed by atoms with Gasteiger partial charge in [-0.1, -0.05) is 279 Å². The molecule has 4 aromatic rings. The van der Waals surface area contributed by atoms with E-state index in [2.05, 4.69) is 159 Å². The van der Waals surface area contributed by atoms with Gasteiger partial charge in [0.25, 0.3) is 0 Å². The molecule has 6 rings (SSSR count). The zero-order valence-electron chi connectivity index (χ0n) is 48.4. The van der Waals surface area contributed by atoms with Gasteiger partial charge in [0.05, 0.1) is 5.41 Å². The second-order valence-corrected chi connectivity index (χ2v) is 23.8. The molecule has 2 N–H and O–H groups in total. The van der Waals surface area contributed by atoms with Gasteiger partial charge >= 0.3 is 0 Å². The van der Waals surface area contributed by atoms with Crippen molar-refractivity contribution in [2.24, 2.45) is 0 Å². The van der Waals surface area contributed by atoms with E-state index in [1.165, 1.54) is 230 Å². The fraction of sp³-hybridized carbons (Fsp3) is 0.592. The predicted octanol–water partition coefficient (Wildman–Crippen LogP) is 20.5. The molecule has 75 heavy (non-hydrogen) atoms. The molecule has 0 saturated carbocycles. The van der Waals surface area contributed by atoms with Gasteiger partial charge in [-0.15, -0.1) is 0 Å². The third-order valence-corrected chi connectivity index (χ3v) is 17.1. The molecule has 0 bridgehead atoms. The minimum atomic E-state index is -0.567. The summed E-state index contributed by atoms with van der Waals surface area (Å²) in [7, 11) is 0. The van der Waals surface area contributed by atoms with Crippen LogP contribution in [0.3, 0.4) is 0 Å². The Morgan fingerprint density at radius 1 is 0.467 bits per heavy atom. The molecule has 0 aromatic heterocycles. The Morgan fingerprint density at radius 3 is 1.44 bits per heavy atom. The van der Waals surface area contributed by atoms with Gasteiger partial charge in [-0.2, -0.15) is 4.58 Å². The molecule has 0 aliphatic carbocycles. The number of hydrogen-bond acceptors (Lipinski definition) is 3. The van der Waals surface area contributed by atoms with Crippen LogP contribution in [0, 0.1) is 0 Å². The van der Waals surface area contributed by atoms with Crippen LogP contribution in [0.15, 0.2) is 121 Å². The lowest BCUT2D eigenvalue weighted by molar-refractivity contribution is -0.438. The Kier molecular flexibility index (Phi) is 26.5. The van der Waals surface area contributed by atoms with Crippen LogP contribution in [-0.2, 0) is 10.8 Å². The quantitative estimate of drug-likeness (QED) is 0.0266. The number of aliphatic hydroxyl groups excluding tert-OH is 2. The summed E-state index contributed by atoms with van der Waals surface area (Å²) in [4.78, 5) is 2.25. The summed E-state index contributed by atoms with van der Waals surface area (Å²) in [5.41, 5.74) is 7.43. The maximum Gasteiger partial charge on any atom is 0.210 e. The maximum atomic E-state index is 12.0. The lowest BCUT2D eigenvalue weighted by Gasteiger charge is -2.31. The van der Waals surface area contributed by atoms with Crippen molar-refractivity contribution >= 4 is 38.6 Å². The number of unbranched alkanes of at least 4 members (excludes halogenated alkanes) is 29. The summed E-state index contributed by atoms with van der Waals surface area (Å²) in [6.07, 6.45) is 56.9. The highest BCUT2D eigenvalue weighted by molar-refractivity contribution is 6.07. The van der Waals surface area contributed by atoms with E-state index >= 15 is 0 Å². The Hall–Kier alpha value is -4.25. The smallest absolute Gasteiger partial charge is 0.210 e. The average Bonchev–Trinajstić information content (AvgIpc) is 3.78. The van der Waals surface area contributed by atoms with E-state index in [4.69, 9.17) is 5.11 Å². The number of nitrogens with zero attached hydrogens (tertiary/aromatic N) is 2. The van der Waals surface area contributed by atoms with Crippen molar-refractivity contribution in [2.75, 3.05) is 18.1 Å². The molecule has 1 unspecified atom stereocenters. The molecule has 0 spiro atoms. The lowest BCUT2D eigenvalue weighted by Crippen LogP contribution is -2.35. The van der Waals surface area contributed by atoms with Crippen LogP contribution in [-0.4, -0.2) is 39.9 Å². The first-order valence-electron chi connectivity index (χ1n) is 31.2. The number of allylic oxidation sites excluding steroid dienone is 8. The molecule has 4 nitrogen and oxygen atoms in total. The SMILES string of the molecule is CCCCCCCCCCCCCCCCCC(O)N1/C(=C/C=C/C=C/C=C/C2=[N+](CCCCCCCCCCCCCCCCCCO)c3ccc4ccccc4c3C2(C)C)C(C)(C)c2c1ccc1ccccc21. The first-order chi connectivity index (χ1) is 36.7. The summed E-state index contributed by atoms with van der Waals surface area (Å²) in [6, 6.07) is 26.8. The molecule has 4 heteroatoms. The van der Waals surface area contributed by atoms with E-state index in [9.17, 15) is 5.11 Å². The van der Waals surface area contributed by atoms with Crippen molar-refractivity contribution in [3.05, 3.63) is 132 Å². The van der Waals surface area contributed by atoms with E-state index < -0.39 is 6.23 Å². The first-order valence-corrected chi connectivity index (χ1v) is 31.2. The number of anilines is 1. The molecule has 0 fully saturated rings. The molecule has 0 radical (unpaired) electrons. The Balaban J connectivity index is 1.02. The van der Waals surface area contributed by atoms with E-state index in [-0.39, 0.29) is 10.8 Å². The summed E-state index contributed by atoms with van der Waals surface area (Å²) in [5.74, 6) is 0. The zero-order valence-corrected chi connectivity index (χ0v) is 48.4. The monoisotopic (exact) mass is 1020 g/mol. The molecule has 2 heterocycles. The fourth-order valence-corrected chi connectivity index (χ4v) is 12.7. The fourth-order valence-electron chi connectivity index (χ4n) is 12.7. The van der Waals surface area contributed by atoms with Gasteiger partial charge in [0.15, 0.2) is 5.71 Å². The molecular weight excluding hydrogens is 913 g/mol. The highest BCUT2D eigenvalue weighted by Crippen LogP contribution is 2.52. The van der Waals surface area contributed by atoms with E-state index in [1.54, 1.807) is 0 Å². The Bertz CT molecular complexity index is 2430. The van der Waals surface area contributed by atoms with Crippen molar-refractivity contribution in [3.63, 3.8) is 0 Å². The van der Waals surface area contributed by atoms with Crippen molar-refractivity contribution in [1.82, 2.24) is 0 Å². The second-order valence-electron chi connectivity index (χ2n) is 23.8. The van der Waals surface area contributed by atoms with Crippen LogP contribution in [0.5, 0.6) is 0 Å². The summed E-state index contributed by atoms with van der Waals surface area (Å²) in [6.45, 7) is 13.2. The normalized spacial score (nSPS) is 16.1. The first kappa shape index (κ1) is 60.0. The van der Waals surface area contributed by atoms with Crippen LogP contribution >= 0.6 is 0 Å². The van der Waals surface area contributed by atoms with Gasteiger partial charge in [-0.05, 0) is 84.8 Å². The summed E-state index contributed by atoms with van der Waals surface area (Å²) in [5, 5.41) is 26.2. The van der Waals surface area contributed by atoms with Crippen LogP contribution in [0.2, 0.25) is 0 Å². The van der Waals surface area contributed by atoms with Crippen molar-refractivity contribution in [1.29, 1.82) is 0 Å². The minimum absolute atomic E-state index is 0.120. The van der Waals surface area contributed by atoms with Crippen molar-refractivity contribution < 1.29 is 14.8 Å². The number of aliphatic hydroxyl groups is 2. The van der Waals surface area contributed by atoms with Gasteiger partial charge in [0.1, 0.15) is 12.8 Å². The van der Waals surface area contributed by atoms with Gasteiger partial charge in [-0.3, -0.25) is 0 Å². The summed E-state index contributed by atoms with van der Waals surface area (Å²) < 4.78 is 2.63. The van der Waals surface area contributed by atoms with Gasteiger partial charge in [-0.25, -0.2) is 0 Å². The molecule has 410 valence electrons. The standard InChI is InChI=1S/C71H105N2O2/c1-6-7-8-9-10-11-12-13-16-19-22-25-28-34-39-52-67(75)73-64-56-54-60-47-41-43-49-62(60)69(64)71(4,5)66(73)51-38-33-31-32-37-50-65-70(2,3)68-61-48-42-40-46-59(61)53-55-63(68)72(65)57-44-35-29-26-23-20-17-14-15-18-21-24-27-30-36-45-58-74/h31-33,37-38,40-43,46-51,53-56,67,74-75H,6-30,34-36,39,44-45,52,57-58H2,1-5H3/q+1. The molecule has 2 aliphatic heterocycles. The highest BCUT2D eigenvalue weighted by Gasteiger charge is 2.46. The second kappa shape index (κ2) is 33.1. The molecule has 0 amide bonds. The van der Waals surface area contributed by atoms with Crippen molar-refractivity contribution in [3.8, 4) is 0 Å². The predicted molar refractivity (Wildman–Crippen MR) is 328 cm³/mol. The zero-order chi connectivity index (χ0) is 53.0. The van der Waals surface area contributed by atoms with Crippen molar-refractivity contribution in [2.45, 2.75) is 257 Å². The summed E-state index contributed by atoms with van der Waals surface area (Å²) >= 11 is 0. The van der Waals surface area contributed by atoms with Crippen LogP contribution < -0.4 is 4.90 Å². The van der Waals surface area contributed by atoms with Crippen LogP contribution in [0.25, 0.3) is 21.5 Å². The maximum absolute atomic E-state index is 12.0. The Labute approximate surface area is 458 Å². The van der Waals surface area contributed by atoms with Gasteiger partial charge < -0.3 is 15.1 Å². The third kappa shape index (κ3) is 17.9. The number of hydrogen-bond donors (Lipinski definition) is 2. The molecule has 4 aromatic carbocycles.